The molecular formula is C9H9BrN4O4. The highest BCUT2D eigenvalue weighted by Crippen LogP contribution is 2.30. The Kier molecular flexibility index (Phi) is 5.05. The van der Waals surface area contributed by atoms with E-state index in [2.05, 4.69) is 26.0 Å². The number of hydrogen-bond acceptors (Lipinski definition) is 5. The Morgan fingerprint density at radius 1 is 1.56 bits per heavy atom. The van der Waals surface area contributed by atoms with E-state index in [1.807, 2.05) is 0 Å². The molecule has 8 nitrogen and oxygen atoms in total. The molecule has 1 aromatic carbocycles. The van der Waals surface area contributed by atoms with Crippen molar-refractivity contribution in [3.05, 3.63) is 48.8 Å². The molecule has 0 fully saturated rings. The molecular weight excluding hydrogens is 308 g/mol. The smallest absolute Gasteiger partial charge is 0.276 e. The summed E-state index contributed by atoms with van der Waals surface area (Å²) in [6, 6.07) is 4.05. The molecule has 2 unspecified atom stereocenters. The zero-order valence-corrected chi connectivity index (χ0v) is 10.6. The topological polar surface area (TPSA) is 132 Å². The zero-order chi connectivity index (χ0) is 13.7. The van der Waals surface area contributed by atoms with E-state index in [-0.39, 0.29) is 17.8 Å². The summed E-state index contributed by atoms with van der Waals surface area (Å²) < 4.78 is 0.481. The molecule has 96 valence electrons. The van der Waals surface area contributed by atoms with Crippen LogP contribution in [-0.2, 0) is 0 Å². The standard InChI is InChI=1S/C9H9BrN4O4/c10-5-1-2-6(7(3-5)14(17)18)9(16)8(15)4-12-13-11/h1-3,8-9,15-16H,4H2. The van der Waals surface area contributed by atoms with Gasteiger partial charge in [-0.05, 0) is 17.7 Å². The molecule has 0 saturated carbocycles. The summed E-state index contributed by atoms with van der Waals surface area (Å²) in [6.07, 6.45) is -2.90. The van der Waals surface area contributed by atoms with E-state index < -0.39 is 17.1 Å². The zero-order valence-electron chi connectivity index (χ0n) is 8.97. The van der Waals surface area contributed by atoms with E-state index in [0.717, 1.165) is 0 Å². The summed E-state index contributed by atoms with van der Waals surface area (Å²) in [4.78, 5) is 12.6. The second-order valence-electron chi connectivity index (χ2n) is 3.39. The quantitative estimate of drug-likeness (QED) is 0.283. The van der Waals surface area contributed by atoms with Gasteiger partial charge >= 0.3 is 0 Å². The molecule has 0 aliphatic carbocycles. The van der Waals surface area contributed by atoms with Crippen molar-refractivity contribution in [3.8, 4) is 0 Å². The van der Waals surface area contributed by atoms with Gasteiger partial charge in [-0.1, -0.05) is 21.0 Å². The average molecular weight is 317 g/mol. The normalized spacial score (nSPS) is 13.5. The molecule has 0 spiro atoms. The molecule has 0 saturated heterocycles. The minimum Gasteiger partial charge on any atom is -0.390 e. The maximum absolute atomic E-state index is 10.8. The molecule has 2 atom stereocenters. The maximum atomic E-state index is 10.8. The first-order valence-corrected chi connectivity index (χ1v) is 5.57. The van der Waals surface area contributed by atoms with Crippen LogP contribution in [0.25, 0.3) is 10.4 Å². The van der Waals surface area contributed by atoms with Gasteiger partial charge in [-0.3, -0.25) is 10.1 Å². The molecule has 0 aromatic heterocycles. The largest absolute Gasteiger partial charge is 0.390 e. The van der Waals surface area contributed by atoms with Crippen molar-refractivity contribution >= 4 is 21.6 Å². The van der Waals surface area contributed by atoms with Crippen LogP contribution in [0.5, 0.6) is 0 Å². The van der Waals surface area contributed by atoms with Crippen LogP contribution in [0.15, 0.2) is 27.8 Å². The van der Waals surface area contributed by atoms with Crippen molar-refractivity contribution in [1.29, 1.82) is 0 Å². The van der Waals surface area contributed by atoms with E-state index in [4.69, 9.17) is 5.53 Å². The third kappa shape index (κ3) is 3.41. The summed E-state index contributed by atoms with van der Waals surface area (Å²) in [5, 5.41) is 33.2. The van der Waals surface area contributed by atoms with Gasteiger partial charge in [0.1, 0.15) is 6.10 Å². The Hall–Kier alpha value is -1.67. The molecule has 2 N–H and O–H groups in total. The van der Waals surface area contributed by atoms with Gasteiger partial charge < -0.3 is 10.2 Å². The lowest BCUT2D eigenvalue weighted by atomic mass is 10.0. The van der Waals surface area contributed by atoms with Crippen LogP contribution in [0.4, 0.5) is 5.69 Å². The second kappa shape index (κ2) is 6.31. The second-order valence-corrected chi connectivity index (χ2v) is 4.30. The average Bonchev–Trinajstić information content (AvgIpc) is 2.34. The number of nitrogens with zero attached hydrogens (tertiary/aromatic N) is 4. The maximum Gasteiger partial charge on any atom is 0.276 e. The van der Waals surface area contributed by atoms with Gasteiger partial charge in [-0.2, -0.15) is 0 Å². The van der Waals surface area contributed by atoms with E-state index in [9.17, 15) is 20.3 Å². The lowest BCUT2D eigenvalue weighted by Crippen LogP contribution is -2.22. The Balaban J connectivity index is 3.08. The molecule has 0 aliphatic heterocycles. The van der Waals surface area contributed by atoms with E-state index in [1.54, 1.807) is 0 Å². The Morgan fingerprint density at radius 3 is 2.78 bits per heavy atom. The molecule has 0 aliphatic rings. The van der Waals surface area contributed by atoms with Crippen molar-refractivity contribution in [2.75, 3.05) is 6.54 Å². The molecule has 9 heteroatoms. The fourth-order valence-electron chi connectivity index (χ4n) is 1.35. The number of azide groups is 1. The number of aliphatic hydroxyl groups is 2. The molecule has 1 aromatic rings. The highest BCUT2D eigenvalue weighted by atomic mass is 79.9. The van der Waals surface area contributed by atoms with Gasteiger partial charge in [0.15, 0.2) is 0 Å². The first-order valence-electron chi connectivity index (χ1n) is 4.78. The Labute approximate surface area is 110 Å². The monoisotopic (exact) mass is 316 g/mol. The van der Waals surface area contributed by atoms with Crippen LogP contribution < -0.4 is 0 Å². The van der Waals surface area contributed by atoms with E-state index >= 15 is 0 Å². The summed E-state index contributed by atoms with van der Waals surface area (Å²) in [5.74, 6) is 0. The number of rotatable bonds is 5. The minimum atomic E-state index is -1.50. The van der Waals surface area contributed by atoms with Gasteiger partial charge in [0.05, 0.1) is 23.1 Å². The van der Waals surface area contributed by atoms with Gasteiger partial charge in [-0.25, -0.2) is 0 Å². The lowest BCUT2D eigenvalue weighted by molar-refractivity contribution is -0.386. The third-order valence-corrected chi connectivity index (χ3v) is 2.70. The number of nitro groups is 1. The molecule has 18 heavy (non-hydrogen) atoms. The highest BCUT2D eigenvalue weighted by molar-refractivity contribution is 9.10. The molecule has 0 radical (unpaired) electrons. The van der Waals surface area contributed by atoms with Crippen LogP contribution >= 0.6 is 15.9 Å². The van der Waals surface area contributed by atoms with Gasteiger partial charge in [-0.15, -0.1) is 0 Å². The fraction of sp³-hybridized carbons (Fsp3) is 0.333. The Bertz CT molecular complexity index is 503. The first-order chi connectivity index (χ1) is 8.47. The summed E-state index contributed by atoms with van der Waals surface area (Å²) >= 11 is 3.08. The number of halogens is 1. The van der Waals surface area contributed by atoms with Crippen LogP contribution in [0.1, 0.15) is 11.7 Å². The van der Waals surface area contributed by atoms with E-state index in [0.29, 0.717) is 4.47 Å². The SMILES string of the molecule is [N-]=[N+]=NCC(O)C(O)c1ccc(Br)cc1[N+](=O)[O-]. The first kappa shape index (κ1) is 14.4. The number of aliphatic hydroxyl groups excluding tert-OH is 2. The minimum absolute atomic E-state index is 0.0381. The molecule has 0 amide bonds. The summed E-state index contributed by atoms with van der Waals surface area (Å²) in [6.45, 7) is -0.370. The number of hydrogen-bond donors (Lipinski definition) is 2. The number of nitro benzene ring substituents is 1. The van der Waals surface area contributed by atoms with Crippen molar-refractivity contribution in [3.63, 3.8) is 0 Å². The summed E-state index contributed by atoms with van der Waals surface area (Å²) in [5.41, 5.74) is 7.74. The number of benzene rings is 1. The van der Waals surface area contributed by atoms with Crippen LogP contribution in [0.2, 0.25) is 0 Å². The van der Waals surface area contributed by atoms with Crippen LogP contribution in [0, 0.1) is 10.1 Å². The van der Waals surface area contributed by atoms with E-state index in [1.165, 1.54) is 18.2 Å². The van der Waals surface area contributed by atoms with Crippen molar-refractivity contribution in [2.45, 2.75) is 12.2 Å². The van der Waals surface area contributed by atoms with Gasteiger partial charge in [0, 0.05) is 15.5 Å². The third-order valence-electron chi connectivity index (χ3n) is 2.20. The predicted octanol–water partition coefficient (Wildman–Crippen LogP) is 2.06. The van der Waals surface area contributed by atoms with Gasteiger partial charge in [0.2, 0.25) is 0 Å². The van der Waals surface area contributed by atoms with Gasteiger partial charge in [0.25, 0.3) is 5.69 Å². The lowest BCUT2D eigenvalue weighted by Gasteiger charge is -2.16. The molecule has 1 rings (SSSR count). The van der Waals surface area contributed by atoms with Crippen molar-refractivity contribution in [2.24, 2.45) is 5.11 Å². The van der Waals surface area contributed by atoms with Crippen molar-refractivity contribution < 1.29 is 15.1 Å². The van der Waals surface area contributed by atoms with Crippen LogP contribution in [0.3, 0.4) is 0 Å². The fourth-order valence-corrected chi connectivity index (χ4v) is 1.70. The Morgan fingerprint density at radius 2 is 2.22 bits per heavy atom. The molecule has 0 bridgehead atoms. The predicted molar refractivity (Wildman–Crippen MR) is 65.8 cm³/mol. The van der Waals surface area contributed by atoms with Crippen molar-refractivity contribution in [1.82, 2.24) is 0 Å². The highest BCUT2D eigenvalue weighted by Gasteiger charge is 2.25. The summed E-state index contributed by atoms with van der Waals surface area (Å²) in [7, 11) is 0. The molecule has 0 heterocycles. The van der Waals surface area contributed by atoms with Crippen LogP contribution in [-0.4, -0.2) is 27.8 Å².